The molecule has 1 saturated carbocycles. The van der Waals surface area contributed by atoms with E-state index in [1.54, 1.807) is 19.0 Å². The molecule has 2 aromatic carbocycles. The average molecular weight is 411 g/mol. The Kier molecular flexibility index (Phi) is 6.34. The number of nitro groups is 1. The van der Waals surface area contributed by atoms with Crippen LogP contribution in [0.1, 0.15) is 35.2 Å². The van der Waals surface area contributed by atoms with Gasteiger partial charge < -0.3 is 15.0 Å². The van der Waals surface area contributed by atoms with Crippen molar-refractivity contribution < 1.29 is 19.2 Å². The summed E-state index contributed by atoms with van der Waals surface area (Å²) < 4.78 is 5.14. The normalized spacial score (nSPS) is 14.3. The summed E-state index contributed by atoms with van der Waals surface area (Å²) in [7, 11) is 3.43. The van der Waals surface area contributed by atoms with Gasteiger partial charge in [-0.15, -0.1) is 0 Å². The summed E-state index contributed by atoms with van der Waals surface area (Å²) in [6.45, 7) is 0.0341. The van der Waals surface area contributed by atoms with Gasteiger partial charge >= 0.3 is 5.97 Å². The van der Waals surface area contributed by atoms with Crippen molar-refractivity contribution >= 4 is 23.3 Å². The van der Waals surface area contributed by atoms with E-state index in [2.05, 4.69) is 17.4 Å². The maximum absolute atomic E-state index is 12.5. The first kappa shape index (κ1) is 21.3. The van der Waals surface area contributed by atoms with Crippen molar-refractivity contribution in [2.45, 2.75) is 24.7 Å². The maximum atomic E-state index is 12.5. The minimum absolute atomic E-state index is 0.0433. The maximum Gasteiger partial charge on any atom is 0.341 e. The summed E-state index contributed by atoms with van der Waals surface area (Å²) in [5.41, 5.74) is 1.43. The van der Waals surface area contributed by atoms with Crippen LogP contribution in [-0.2, 0) is 14.9 Å². The minimum Gasteiger partial charge on any atom is -0.452 e. The van der Waals surface area contributed by atoms with Crippen molar-refractivity contribution in [1.82, 2.24) is 5.32 Å². The summed E-state index contributed by atoms with van der Waals surface area (Å²) in [6.07, 6.45) is 3.10. The fourth-order valence-electron chi connectivity index (χ4n) is 3.68. The molecule has 0 atom stereocenters. The molecule has 1 N–H and O–H groups in total. The second-order valence-corrected chi connectivity index (χ2v) is 7.71. The number of benzene rings is 2. The summed E-state index contributed by atoms with van der Waals surface area (Å²) in [5, 5.41) is 13.9. The number of esters is 1. The highest BCUT2D eigenvalue weighted by Gasteiger charge is 2.38. The Labute approximate surface area is 175 Å². The Morgan fingerprint density at radius 1 is 1.17 bits per heavy atom. The molecule has 1 fully saturated rings. The van der Waals surface area contributed by atoms with E-state index in [1.165, 1.54) is 17.7 Å². The average Bonchev–Trinajstić information content (AvgIpc) is 2.71. The first-order valence-electron chi connectivity index (χ1n) is 9.77. The minimum atomic E-state index is -0.779. The van der Waals surface area contributed by atoms with Gasteiger partial charge in [0.2, 0.25) is 0 Å². The van der Waals surface area contributed by atoms with Crippen LogP contribution >= 0.6 is 0 Å². The Morgan fingerprint density at radius 2 is 1.87 bits per heavy atom. The van der Waals surface area contributed by atoms with Crippen LogP contribution < -0.4 is 10.2 Å². The molecule has 1 aliphatic carbocycles. The molecule has 0 heterocycles. The molecule has 0 aromatic heterocycles. The highest BCUT2D eigenvalue weighted by Crippen LogP contribution is 2.43. The van der Waals surface area contributed by atoms with E-state index in [1.807, 2.05) is 18.2 Å². The number of ether oxygens (including phenoxy) is 1. The molecule has 0 unspecified atom stereocenters. The topological polar surface area (TPSA) is 102 Å². The van der Waals surface area contributed by atoms with E-state index in [4.69, 9.17) is 4.74 Å². The third-order valence-corrected chi connectivity index (χ3v) is 5.55. The van der Waals surface area contributed by atoms with Gasteiger partial charge in [-0.3, -0.25) is 14.9 Å². The summed E-state index contributed by atoms with van der Waals surface area (Å²) in [6, 6.07) is 14.0. The number of hydrogen-bond acceptors (Lipinski definition) is 6. The van der Waals surface area contributed by atoms with Crippen LogP contribution in [0.3, 0.4) is 0 Å². The van der Waals surface area contributed by atoms with E-state index in [-0.39, 0.29) is 16.7 Å². The Hall–Kier alpha value is -3.42. The molecule has 8 heteroatoms. The van der Waals surface area contributed by atoms with E-state index in [0.29, 0.717) is 12.2 Å². The van der Waals surface area contributed by atoms with Gasteiger partial charge in [-0.05, 0) is 24.5 Å². The third-order valence-electron chi connectivity index (χ3n) is 5.55. The highest BCUT2D eigenvalue weighted by molar-refractivity contribution is 5.97. The second-order valence-electron chi connectivity index (χ2n) is 7.71. The van der Waals surface area contributed by atoms with Gasteiger partial charge in [-0.1, -0.05) is 36.8 Å². The van der Waals surface area contributed by atoms with Crippen LogP contribution in [0.2, 0.25) is 0 Å². The SMILES string of the molecule is CN(C)c1ccc([N+](=O)[O-])cc1C(=O)OCC(=O)NCC1(c2ccccc2)CCC1. The van der Waals surface area contributed by atoms with Crippen molar-refractivity contribution in [1.29, 1.82) is 0 Å². The molecule has 2 aromatic rings. The predicted molar refractivity (Wildman–Crippen MR) is 113 cm³/mol. The van der Waals surface area contributed by atoms with Crippen molar-refractivity contribution in [3.05, 3.63) is 69.8 Å². The molecule has 158 valence electrons. The standard InChI is InChI=1S/C22H25N3O5/c1-24(2)19-10-9-17(25(28)29)13-18(19)21(27)30-14-20(26)23-15-22(11-6-12-22)16-7-4-3-5-8-16/h3-5,7-10,13H,6,11-12,14-15H2,1-2H3,(H,23,26). The number of hydrogen-bond donors (Lipinski definition) is 1. The number of nitrogens with zero attached hydrogens (tertiary/aromatic N) is 2. The first-order valence-corrected chi connectivity index (χ1v) is 9.77. The zero-order valence-corrected chi connectivity index (χ0v) is 17.1. The van der Waals surface area contributed by atoms with Gasteiger partial charge in [0.15, 0.2) is 6.61 Å². The summed E-state index contributed by atoms with van der Waals surface area (Å²) in [5.74, 6) is -1.18. The van der Waals surface area contributed by atoms with Crippen molar-refractivity contribution in [2.24, 2.45) is 0 Å². The molecular weight excluding hydrogens is 386 g/mol. The Morgan fingerprint density at radius 3 is 2.43 bits per heavy atom. The van der Waals surface area contributed by atoms with Gasteiger partial charge in [0.05, 0.1) is 16.2 Å². The lowest BCUT2D eigenvalue weighted by molar-refractivity contribution is -0.384. The molecular formula is C22H25N3O5. The number of nitro benzene ring substituents is 1. The van der Waals surface area contributed by atoms with Crippen LogP contribution in [-0.4, -0.2) is 44.0 Å². The van der Waals surface area contributed by atoms with Gasteiger partial charge in [0.25, 0.3) is 11.6 Å². The zero-order chi connectivity index (χ0) is 21.7. The molecule has 0 aliphatic heterocycles. The predicted octanol–water partition coefficient (Wildman–Crippen LogP) is 3.06. The number of amides is 1. The van der Waals surface area contributed by atoms with Crippen LogP contribution in [0.4, 0.5) is 11.4 Å². The van der Waals surface area contributed by atoms with Crippen molar-refractivity contribution in [3.63, 3.8) is 0 Å². The highest BCUT2D eigenvalue weighted by atomic mass is 16.6. The van der Waals surface area contributed by atoms with E-state index < -0.39 is 23.4 Å². The third kappa shape index (κ3) is 4.59. The molecule has 8 nitrogen and oxygen atoms in total. The number of nitrogens with one attached hydrogen (secondary N) is 1. The number of carbonyl (C=O) groups is 2. The van der Waals surface area contributed by atoms with Crippen LogP contribution in [0, 0.1) is 10.1 Å². The summed E-state index contributed by atoms with van der Waals surface area (Å²) >= 11 is 0. The monoisotopic (exact) mass is 411 g/mol. The van der Waals surface area contributed by atoms with Crippen LogP contribution in [0.25, 0.3) is 0 Å². The molecule has 0 bridgehead atoms. The van der Waals surface area contributed by atoms with Crippen molar-refractivity contribution in [2.75, 3.05) is 32.1 Å². The second kappa shape index (κ2) is 8.94. The Bertz CT molecular complexity index is 939. The van der Waals surface area contributed by atoms with Gasteiger partial charge in [0.1, 0.15) is 0 Å². The molecule has 0 saturated heterocycles. The van der Waals surface area contributed by atoms with Gasteiger partial charge in [-0.2, -0.15) is 0 Å². The molecule has 1 aliphatic rings. The largest absolute Gasteiger partial charge is 0.452 e. The quantitative estimate of drug-likeness (QED) is 0.407. The summed E-state index contributed by atoms with van der Waals surface area (Å²) in [4.78, 5) is 36.9. The zero-order valence-electron chi connectivity index (χ0n) is 17.1. The number of rotatable bonds is 8. The lowest BCUT2D eigenvalue weighted by atomic mass is 9.64. The first-order chi connectivity index (χ1) is 14.3. The van der Waals surface area contributed by atoms with Crippen LogP contribution in [0.15, 0.2) is 48.5 Å². The van der Waals surface area contributed by atoms with Gasteiger partial charge in [-0.25, -0.2) is 4.79 Å². The number of non-ortho nitro benzene ring substituents is 1. The molecule has 3 rings (SSSR count). The number of carbonyl (C=O) groups excluding carboxylic acids is 2. The fraction of sp³-hybridized carbons (Fsp3) is 0.364. The molecule has 30 heavy (non-hydrogen) atoms. The van der Waals surface area contributed by atoms with Gasteiger partial charge in [0, 0.05) is 38.2 Å². The van der Waals surface area contributed by atoms with E-state index in [9.17, 15) is 19.7 Å². The van der Waals surface area contributed by atoms with Crippen LogP contribution in [0.5, 0.6) is 0 Å². The number of anilines is 1. The van der Waals surface area contributed by atoms with E-state index >= 15 is 0 Å². The lowest BCUT2D eigenvalue weighted by Crippen LogP contribution is -2.46. The van der Waals surface area contributed by atoms with Crippen molar-refractivity contribution in [3.8, 4) is 0 Å². The molecule has 0 radical (unpaired) electrons. The molecule has 0 spiro atoms. The lowest BCUT2D eigenvalue weighted by Gasteiger charge is -2.42. The molecule has 1 amide bonds. The smallest absolute Gasteiger partial charge is 0.341 e. The fourth-order valence-corrected chi connectivity index (χ4v) is 3.68. The Balaban J connectivity index is 1.60. The van der Waals surface area contributed by atoms with E-state index in [0.717, 1.165) is 25.3 Å².